The lowest BCUT2D eigenvalue weighted by molar-refractivity contribution is 0.0507. The van der Waals surface area contributed by atoms with E-state index in [2.05, 4.69) is 5.32 Å². The first kappa shape index (κ1) is 17.6. The number of phenolic OH excluding ortho intramolecular Hbond substituents is 1. The van der Waals surface area contributed by atoms with Crippen molar-refractivity contribution >= 4 is 16.1 Å². The molecule has 7 nitrogen and oxygen atoms in total. The zero-order valence-electron chi connectivity index (χ0n) is 13.4. The van der Waals surface area contributed by atoms with Gasteiger partial charge in [-0.2, -0.15) is 4.31 Å². The van der Waals surface area contributed by atoms with Gasteiger partial charge in [-0.25, -0.2) is 13.2 Å². The number of sulfonamides is 1. The lowest BCUT2D eigenvalue weighted by Gasteiger charge is -2.22. The van der Waals surface area contributed by atoms with Gasteiger partial charge in [0.15, 0.2) is 0 Å². The van der Waals surface area contributed by atoms with Gasteiger partial charge >= 0.3 is 6.09 Å². The Hall–Kier alpha value is -1.80. The smallest absolute Gasteiger partial charge is 0.407 e. The van der Waals surface area contributed by atoms with E-state index in [0.717, 1.165) is 0 Å². The second-order valence-corrected chi connectivity index (χ2v) is 8.43. The third kappa shape index (κ3) is 4.59. The Labute approximate surface area is 136 Å². The fourth-order valence-corrected chi connectivity index (χ4v) is 3.87. The predicted molar refractivity (Wildman–Crippen MR) is 84.6 cm³/mol. The number of amides is 1. The summed E-state index contributed by atoms with van der Waals surface area (Å²) in [6, 6.07) is 5.25. The number of benzene rings is 1. The highest BCUT2D eigenvalue weighted by Gasteiger charge is 2.34. The fraction of sp³-hybridized carbons (Fsp3) is 0.533. The molecule has 1 atom stereocenters. The van der Waals surface area contributed by atoms with Crippen LogP contribution in [0.2, 0.25) is 0 Å². The summed E-state index contributed by atoms with van der Waals surface area (Å²) in [5.74, 6) is -0.103. The summed E-state index contributed by atoms with van der Waals surface area (Å²) in [6.07, 6.45) is -0.0452. The molecule has 2 rings (SSSR count). The molecule has 1 unspecified atom stereocenters. The van der Waals surface area contributed by atoms with Gasteiger partial charge in [0.2, 0.25) is 10.0 Å². The van der Waals surface area contributed by atoms with Gasteiger partial charge in [0.1, 0.15) is 11.4 Å². The Morgan fingerprint density at radius 2 is 2.09 bits per heavy atom. The Bertz CT molecular complexity index is 681. The van der Waals surface area contributed by atoms with E-state index in [0.29, 0.717) is 13.0 Å². The topological polar surface area (TPSA) is 95.9 Å². The average Bonchev–Trinajstić information content (AvgIpc) is 2.85. The second kappa shape index (κ2) is 6.37. The Kier molecular flexibility index (Phi) is 4.86. The van der Waals surface area contributed by atoms with Crippen molar-refractivity contribution in [1.29, 1.82) is 0 Å². The number of carbonyl (C=O) groups excluding carboxylic acids is 1. The summed E-state index contributed by atoms with van der Waals surface area (Å²) in [7, 11) is -3.68. The highest BCUT2D eigenvalue weighted by atomic mass is 32.2. The Morgan fingerprint density at radius 3 is 2.70 bits per heavy atom. The zero-order valence-corrected chi connectivity index (χ0v) is 14.3. The lowest BCUT2D eigenvalue weighted by Crippen LogP contribution is -2.41. The van der Waals surface area contributed by atoms with Crippen LogP contribution < -0.4 is 5.32 Å². The fourth-order valence-electron chi connectivity index (χ4n) is 2.33. The van der Waals surface area contributed by atoms with Crippen molar-refractivity contribution in [3.05, 3.63) is 24.3 Å². The number of phenols is 1. The van der Waals surface area contributed by atoms with E-state index in [9.17, 15) is 18.3 Å². The molecule has 1 aliphatic heterocycles. The highest BCUT2D eigenvalue weighted by Crippen LogP contribution is 2.23. The Morgan fingerprint density at radius 1 is 1.39 bits per heavy atom. The molecular formula is C15H22N2O5S. The molecule has 1 aromatic carbocycles. The minimum Gasteiger partial charge on any atom is -0.508 e. The minimum absolute atomic E-state index is 0.0374. The summed E-state index contributed by atoms with van der Waals surface area (Å²) < 4.78 is 31.5. The van der Waals surface area contributed by atoms with Crippen LogP contribution in [0, 0.1) is 0 Å². The van der Waals surface area contributed by atoms with Gasteiger partial charge in [0.05, 0.1) is 4.90 Å². The monoisotopic (exact) mass is 342 g/mol. The summed E-state index contributed by atoms with van der Waals surface area (Å²) in [5, 5.41) is 12.1. The van der Waals surface area contributed by atoms with Crippen molar-refractivity contribution in [2.75, 3.05) is 13.1 Å². The number of nitrogens with one attached hydrogen (secondary N) is 1. The molecule has 0 saturated carbocycles. The van der Waals surface area contributed by atoms with Crippen LogP contribution in [0.4, 0.5) is 4.79 Å². The molecule has 0 radical (unpaired) electrons. The van der Waals surface area contributed by atoms with Crippen LogP contribution >= 0.6 is 0 Å². The molecule has 0 aromatic heterocycles. The van der Waals surface area contributed by atoms with E-state index in [4.69, 9.17) is 4.74 Å². The molecule has 1 aromatic rings. The molecule has 0 bridgehead atoms. The van der Waals surface area contributed by atoms with Gasteiger partial charge in [-0.3, -0.25) is 0 Å². The maximum absolute atomic E-state index is 12.5. The predicted octanol–water partition coefficient (Wildman–Crippen LogP) is 1.68. The number of aromatic hydroxyl groups is 1. The second-order valence-electron chi connectivity index (χ2n) is 6.49. The van der Waals surface area contributed by atoms with Crippen LogP contribution in [-0.4, -0.2) is 48.7 Å². The molecule has 1 aliphatic rings. The summed E-state index contributed by atoms with van der Waals surface area (Å²) >= 11 is 0. The standard InChI is InChI=1S/C15H22N2O5S/c1-15(2,3)22-14(19)16-11-7-8-17(10-11)23(20,21)13-6-4-5-12(18)9-13/h4-6,9,11,18H,7-8,10H2,1-3H3,(H,16,19). The number of alkyl carbamates (subject to hydrolysis) is 1. The number of ether oxygens (including phenoxy) is 1. The molecule has 1 fully saturated rings. The number of nitrogens with zero attached hydrogens (tertiary/aromatic N) is 1. The van der Waals surface area contributed by atoms with Crippen molar-refractivity contribution in [2.45, 2.75) is 43.7 Å². The van der Waals surface area contributed by atoms with Crippen molar-refractivity contribution in [2.24, 2.45) is 0 Å². The molecule has 0 spiro atoms. The molecule has 1 amide bonds. The lowest BCUT2D eigenvalue weighted by atomic mass is 10.2. The average molecular weight is 342 g/mol. The Balaban J connectivity index is 2.01. The van der Waals surface area contributed by atoms with Crippen LogP contribution in [0.1, 0.15) is 27.2 Å². The molecule has 128 valence electrons. The first-order chi connectivity index (χ1) is 10.6. The maximum atomic E-state index is 12.5. The van der Waals surface area contributed by atoms with E-state index < -0.39 is 21.7 Å². The SMILES string of the molecule is CC(C)(C)OC(=O)NC1CCN(S(=O)(=O)c2cccc(O)c2)C1. The van der Waals surface area contributed by atoms with Gasteiger partial charge < -0.3 is 15.2 Å². The molecule has 8 heteroatoms. The zero-order chi connectivity index (χ0) is 17.3. The van der Waals surface area contributed by atoms with E-state index in [1.54, 1.807) is 20.8 Å². The molecular weight excluding hydrogens is 320 g/mol. The van der Waals surface area contributed by atoms with E-state index in [-0.39, 0.29) is 23.2 Å². The molecule has 1 saturated heterocycles. The van der Waals surface area contributed by atoms with Gasteiger partial charge in [0, 0.05) is 19.1 Å². The molecule has 0 aliphatic carbocycles. The van der Waals surface area contributed by atoms with Crippen LogP contribution in [0.3, 0.4) is 0 Å². The minimum atomic E-state index is -3.68. The maximum Gasteiger partial charge on any atom is 0.407 e. The first-order valence-corrected chi connectivity index (χ1v) is 8.81. The van der Waals surface area contributed by atoms with Crippen molar-refractivity contribution in [3.8, 4) is 5.75 Å². The third-order valence-corrected chi connectivity index (χ3v) is 5.19. The van der Waals surface area contributed by atoms with E-state index in [1.807, 2.05) is 0 Å². The summed E-state index contributed by atoms with van der Waals surface area (Å²) in [6.45, 7) is 5.77. The van der Waals surface area contributed by atoms with Crippen LogP contribution in [0.25, 0.3) is 0 Å². The molecule has 2 N–H and O–H groups in total. The summed E-state index contributed by atoms with van der Waals surface area (Å²) in [5.41, 5.74) is -0.601. The number of hydrogen-bond acceptors (Lipinski definition) is 5. The number of hydrogen-bond donors (Lipinski definition) is 2. The normalized spacial score (nSPS) is 19.5. The van der Waals surface area contributed by atoms with Crippen LogP contribution in [0.15, 0.2) is 29.2 Å². The van der Waals surface area contributed by atoms with Crippen molar-refractivity contribution < 1.29 is 23.1 Å². The van der Waals surface area contributed by atoms with Gasteiger partial charge in [-0.1, -0.05) is 6.07 Å². The number of carbonyl (C=O) groups is 1. The molecule has 23 heavy (non-hydrogen) atoms. The van der Waals surface area contributed by atoms with E-state index in [1.165, 1.54) is 28.6 Å². The van der Waals surface area contributed by atoms with Crippen LogP contribution in [0.5, 0.6) is 5.75 Å². The third-order valence-electron chi connectivity index (χ3n) is 3.33. The quantitative estimate of drug-likeness (QED) is 0.871. The molecule has 1 heterocycles. The number of rotatable bonds is 3. The van der Waals surface area contributed by atoms with Crippen LogP contribution in [-0.2, 0) is 14.8 Å². The van der Waals surface area contributed by atoms with Gasteiger partial charge in [0.25, 0.3) is 0 Å². The highest BCUT2D eigenvalue weighted by molar-refractivity contribution is 7.89. The van der Waals surface area contributed by atoms with Crippen molar-refractivity contribution in [3.63, 3.8) is 0 Å². The first-order valence-electron chi connectivity index (χ1n) is 7.37. The van der Waals surface area contributed by atoms with Gasteiger partial charge in [-0.05, 0) is 45.4 Å². The van der Waals surface area contributed by atoms with Gasteiger partial charge in [-0.15, -0.1) is 0 Å². The largest absolute Gasteiger partial charge is 0.508 e. The van der Waals surface area contributed by atoms with E-state index >= 15 is 0 Å². The van der Waals surface area contributed by atoms with Crippen molar-refractivity contribution in [1.82, 2.24) is 9.62 Å². The summed E-state index contributed by atoms with van der Waals surface area (Å²) in [4.78, 5) is 11.8.